The lowest BCUT2D eigenvalue weighted by molar-refractivity contribution is 0.398. The molecule has 3 nitrogen and oxygen atoms in total. The molecule has 3 aromatic rings. The van der Waals surface area contributed by atoms with E-state index in [0.29, 0.717) is 11.7 Å². The molecule has 0 spiro atoms. The number of hydrogen-bond donors (Lipinski definition) is 0. The molecule has 0 N–H and O–H groups in total. The first kappa shape index (κ1) is 13.3. The Morgan fingerprint density at radius 1 is 0.810 bits per heavy atom. The third kappa shape index (κ3) is 2.92. The van der Waals surface area contributed by atoms with E-state index >= 15 is 0 Å². The number of rotatable bonds is 3. The Hall–Kier alpha value is -2.68. The van der Waals surface area contributed by atoms with Crippen molar-refractivity contribution in [3.8, 4) is 28.5 Å². The highest BCUT2D eigenvalue weighted by molar-refractivity contribution is 5.65. The lowest BCUT2D eigenvalue weighted by atomic mass is 10.1. The highest BCUT2D eigenvalue weighted by atomic mass is 16.5. The zero-order valence-corrected chi connectivity index (χ0v) is 12.1. The molecule has 1 heterocycles. The molecule has 0 unspecified atom stereocenters. The molecule has 0 aliphatic heterocycles. The van der Waals surface area contributed by atoms with Crippen LogP contribution in [0.25, 0.3) is 22.6 Å². The molecule has 0 saturated carbocycles. The molecule has 0 aliphatic rings. The Bertz CT molecular complexity index is 737. The zero-order chi connectivity index (χ0) is 14.7. The number of ether oxygens (including phenoxy) is 1. The SMILES string of the molecule is COc1cc(-c2ccccc2)nc(-c2ccc(C)cc2)n1. The van der Waals surface area contributed by atoms with Gasteiger partial charge in [0.2, 0.25) is 5.88 Å². The maximum absolute atomic E-state index is 5.31. The van der Waals surface area contributed by atoms with E-state index in [9.17, 15) is 0 Å². The van der Waals surface area contributed by atoms with Crippen molar-refractivity contribution < 1.29 is 4.74 Å². The van der Waals surface area contributed by atoms with Gasteiger partial charge < -0.3 is 4.74 Å². The van der Waals surface area contributed by atoms with Crippen LogP contribution < -0.4 is 4.74 Å². The van der Waals surface area contributed by atoms with E-state index in [1.807, 2.05) is 48.5 Å². The number of nitrogens with zero attached hydrogens (tertiary/aromatic N) is 2. The second kappa shape index (κ2) is 5.75. The highest BCUT2D eigenvalue weighted by Crippen LogP contribution is 2.25. The van der Waals surface area contributed by atoms with Crippen molar-refractivity contribution in [1.29, 1.82) is 0 Å². The van der Waals surface area contributed by atoms with E-state index in [-0.39, 0.29) is 0 Å². The molecule has 3 rings (SSSR count). The molecule has 104 valence electrons. The van der Waals surface area contributed by atoms with Crippen molar-refractivity contribution in [2.45, 2.75) is 6.92 Å². The topological polar surface area (TPSA) is 35.0 Å². The predicted octanol–water partition coefficient (Wildman–Crippen LogP) is 4.13. The van der Waals surface area contributed by atoms with E-state index < -0.39 is 0 Å². The van der Waals surface area contributed by atoms with Crippen LogP contribution in [-0.4, -0.2) is 17.1 Å². The average molecular weight is 276 g/mol. The molecule has 0 atom stereocenters. The minimum Gasteiger partial charge on any atom is -0.481 e. The largest absolute Gasteiger partial charge is 0.481 e. The van der Waals surface area contributed by atoms with Crippen molar-refractivity contribution in [3.63, 3.8) is 0 Å². The van der Waals surface area contributed by atoms with E-state index in [2.05, 4.69) is 29.0 Å². The average Bonchev–Trinajstić information content (AvgIpc) is 2.56. The van der Waals surface area contributed by atoms with Crippen LogP contribution >= 0.6 is 0 Å². The van der Waals surface area contributed by atoms with E-state index in [1.54, 1.807) is 7.11 Å². The zero-order valence-electron chi connectivity index (χ0n) is 12.1. The van der Waals surface area contributed by atoms with Crippen LogP contribution in [0.2, 0.25) is 0 Å². The van der Waals surface area contributed by atoms with E-state index in [4.69, 9.17) is 4.74 Å². The molecule has 0 radical (unpaired) electrons. The van der Waals surface area contributed by atoms with E-state index in [0.717, 1.165) is 16.8 Å². The minimum atomic E-state index is 0.569. The standard InChI is InChI=1S/C18H16N2O/c1-13-8-10-15(11-9-13)18-19-16(12-17(20-18)21-2)14-6-4-3-5-7-14/h3-12H,1-2H3. The summed E-state index contributed by atoms with van der Waals surface area (Å²) in [6.07, 6.45) is 0. The normalized spacial score (nSPS) is 10.4. The first-order valence-corrected chi connectivity index (χ1v) is 6.82. The van der Waals surface area contributed by atoms with Crippen LogP contribution in [0.4, 0.5) is 0 Å². The molecule has 0 bridgehead atoms. The monoisotopic (exact) mass is 276 g/mol. The van der Waals surface area contributed by atoms with Gasteiger partial charge in [-0.1, -0.05) is 60.2 Å². The quantitative estimate of drug-likeness (QED) is 0.721. The summed E-state index contributed by atoms with van der Waals surface area (Å²) in [4.78, 5) is 9.10. The van der Waals surface area contributed by atoms with Crippen LogP contribution in [0.3, 0.4) is 0 Å². The summed E-state index contributed by atoms with van der Waals surface area (Å²) in [5.41, 5.74) is 4.10. The van der Waals surface area contributed by atoms with Gasteiger partial charge in [0.1, 0.15) is 0 Å². The molecule has 1 aromatic heterocycles. The second-order valence-electron chi connectivity index (χ2n) is 4.85. The van der Waals surface area contributed by atoms with Gasteiger partial charge in [-0.25, -0.2) is 4.98 Å². The fraction of sp³-hybridized carbons (Fsp3) is 0.111. The maximum Gasteiger partial charge on any atom is 0.217 e. The summed E-state index contributed by atoms with van der Waals surface area (Å²) < 4.78 is 5.31. The minimum absolute atomic E-state index is 0.569. The molecular formula is C18H16N2O. The molecule has 0 saturated heterocycles. The Morgan fingerprint density at radius 2 is 1.52 bits per heavy atom. The van der Waals surface area contributed by atoms with Crippen molar-refractivity contribution in [3.05, 3.63) is 66.2 Å². The summed E-state index contributed by atoms with van der Waals surface area (Å²) in [6, 6.07) is 20.1. The fourth-order valence-corrected chi connectivity index (χ4v) is 2.12. The van der Waals surface area contributed by atoms with Gasteiger partial charge in [0.25, 0.3) is 0 Å². The molecule has 0 fully saturated rings. The first-order chi connectivity index (χ1) is 10.3. The van der Waals surface area contributed by atoms with Crippen LogP contribution in [-0.2, 0) is 0 Å². The Labute approximate surface area is 124 Å². The van der Waals surface area contributed by atoms with Crippen molar-refractivity contribution in [2.75, 3.05) is 7.11 Å². The summed E-state index contributed by atoms with van der Waals surface area (Å²) in [7, 11) is 1.62. The van der Waals surface area contributed by atoms with Crippen LogP contribution in [0, 0.1) is 6.92 Å². The van der Waals surface area contributed by atoms with Gasteiger partial charge in [-0.05, 0) is 6.92 Å². The van der Waals surface area contributed by atoms with Crippen LogP contribution in [0.1, 0.15) is 5.56 Å². The summed E-state index contributed by atoms with van der Waals surface area (Å²) in [6.45, 7) is 2.06. The maximum atomic E-state index is 5.31. The number of methoxy groups -OCH3 is 1. The Kier molecular flexibility index (Phi) is 3.65. The van der Waals surface area contributed by atoms with Crippen LogP contribution in [0.5, 0.6) is 5.88 Å². The lowest BCUT2D eigenvalue weighted by Crippen LogP contribution is -1.96. The number of benzene rings is 2. The van der Waals surface area contributed by atoms with Crippen molar-refractivity contribution >= 4 is 0 Å². The van der Waals surface area contributed by atoms with Gasteiger partial charge >= 0.3 is 0 Å². The third-order valence-corrected chi connectivity index (χ3v) is 3.29. The predicted molar refractivity (Wildman–Crippen MR) is 84.2 cm³/mol. The van der Waals surface area contributed by atoms with Gasteiger partial charge in [-0.2, -0.15) is 4.98 Å². The molecular weight excluding hydrogens is 260 g/mol. The van der Waals surface area contributed by atoms with Gasteiger partial charge in [0.15, 0.2) is 5.82 Å². The fourth-order valence-electron chi connectivity index (χ4n) is 2.12. The summed E-state index contributed by atoms with van der Waals surface area (Å²) >= 11 is 0. The van der Waals surface area contributed by atoms with Gasteiger partial charge in [0, 0.05) is 17.2 Å². The third-order valence-electron chi connectivity index (χ3n) is 3.29. The van der Waals surface area contributed by atoms with Gasteiger partial charge in [0.05, 0.1) is 12.8 Å². The molecule has 21 heavy (non-hydrogen) atoms. The smallest absolute Gasteiger partial charge is 0.217 e. The number of aromatic nitrogens is 2. The van der Waals surface area contributed by atoms with Gasteiger partial charge in [-0.3, -0.25) is 0 Å². The lowest BCUT2D eigenvalue weighted by Gasteiger charge is -2.08. The first-order valence-electron chi connectivity index (χ1n) is 6.82. The summed E-state index contributed by atoms with van der Waals surface area (Å²) in [5.74, 6) is 1.24. The summed E-state index contributed by atoms with van der Waals surface area (Å²) in [5, 5.41) is 0. The highest BCUT2D eigenvalue weighted by Gasteiger charge is 2.08. The Morgan fingerprint density at radius 3 is 2.19 bits per heavy atom. The molecule has 3 heteroatoms. The molecule has 2 aromatic carbocycles. The number of hydrogen-bond acceptors (Lipinski definition) is 3. The second-order valence-corrected chi connectivity index (χ2v) is 4.85. The molecule has 0 amide bonds. The van der Waals surface area contributed by atoms with Gasteiger partial charge in [-0.15, -0.1) is 0 Å². The number of aryl methyl sites for hydroxylation is 1. The Balaban J connectivity index is 2.11. The van der Waals surface area contributed by atoms with E-state index in [1.165, 1.54) is 5.56 Å². The molecule has 0 aliphatic carbocycles. The van der Waals surface area contributed by atoms with Crippen molar-refractivity contribution in [1.82, 2.24) is 9.97 Å². The van der Waals surface area contributed by atoms with Crippen molar-refractivity contribution in [2.24, 2.45) is 0 Å². The van der Waals surface area contributed by atoms with Crippen LogP contribution in [0.15, 0.2) is 60.7 Å².